The van der Waals surface area contributed by atoms with E-state index in [4.69, 9.17) is 9.47 Å². The number of fused-ring (bicyclic) bond motifs is 1. The van der Waals surface area contributed by atoms with E-state index >= 15 is 0 Å². The minimum Gasteiger partial charge on any atom is -0.497 e. The first-order chi connectivity index (χ1) is 20.3. The van der Waals surface area contributed by atoms with E-state index in [0.717, 1.165) is 36.9 Å². The first-order valence-electron chi connectivity index (χ1n) is 14.6. The Morgan fingerprint density at radius 2 is 1.64 bits per heavy atom. The maximum absolute atomic E-state index is 13.8. The molecule has 0 bridgehead atoms. The molecule has 1 saturated carbocycles. The number of methoxy groups -OCH3 is 1. The SMILES string of the molecule is COc1ccc(Oc2ccc(S(=O)(=O)N[C@@H](CC3CCCCC3)C(=O)NCCC3CNc4ccc(F)cc43)cc2)cc1. The Labute approximate surface area is 247 Å². The quantitative estimate of drug-likeness (QED) is 0.239. The van der Waals surface area contributed by atoms with Crippen LogP contribution in [0, 0.1) is 11.7 Å². The van der Waals surface area contributed by atoms with Gasteiger partial charge >= 0.3 is 0 Å². The highest BCUT2D eigenvalue weighted by Gasteiger charge is 2.30. The van der Waals surface area contributed by atoms with Crippen molar-refractivity contribution < 1.29 is 27.1 Å². The zero-order valence-electron chi connectivity index (χ0n) is 23.8. The van der Waals surface area contributed by atoms with Crippen LogP contribution in [0.2, 0.25) is 0 Å². The zero-order valence-corrected chi connectivity index (χ0v) is 24.6. The third-order valence-electron chi connectivity index (χ3n) is 8.12. The molecule has 1 amide bonds. The lowest BCUT2D eigenvalue weighted by Gasteiger charge is -2.26. The lowest BCUT2D eigenvalue weighted by molar-refractivity contribution is -0.123. The first kappa shape index (κ1) is 29.8. The van der Waals surface area contributed by atoms with Crippen LogP contribution in [0.1, 0.15) is 56.4 Å². The molecule has 10 heteroatoms. The Hall–Kier alpha value is -3.63. The van der Waals surface area contributed by atoms with Gasteiger partial charge in [0.15, 0.2) is 0 Å². The van der Waals surface area contributed by atoms with Gasteiger partial charge in [0.25, 0.3) is 0 Å². The average molecular weight is 596 g/mol. The Morgan fingerprint density at radius 1 is 0.976 bits per heavy atom. The number of nitrogens with one attached hydrogen (secondary N) is 3. The summed E-state index contributed by atoms with van der Waals surface area (Å²) >= 11 is 0. The summed E-state index contributed by atoms with van der Waals surface area (Å²) in [6.07, 6.45) is 6.38. The summed E-state index contributed by atoms with van der Waals surface area (Å²) in [5.74, 6) is 1.52. The highest BCUT2D eigenvalue weighted by Crippen LogP contribution is 2.34. The molecule has 0 spiro atoms. The molecule has 1 aliphatic heterocycles. The van der Waals surface area contributed by atoms with Crippen molar-refractivity contribution in [2.75, 3.05) is 25.5 Å². The van der Waals surface area contributed by atoms with Gasteiger partial charge in [0, 0.05) is 24.7 Å². The van der Waals surface area contributed by atoms with E-state index in [1.165, 1.54) is 30.7 Å². The number of hydrogen-bond acceptors (Lipinski definition) is 6. The Morgan fingerprint density at radius 3 is 2.33 bits per heavy atom. The fourth-order valence-corrected chi connectivity index (χ4v) is 7.02. The lowest BCUT2D eigenvalue weighted by Crippen LogP contribution is -2.48. The number of anilines is 1. The van der Waals surface area contributed by atoms with Gasteiger partial charge in [-0.25, -0.2) is 12.8 Å². The van der Waals surface area contributed by atoms with Crippen molar-refractivity contribution in [1.29, 1.82) is 0 Å². The molecule has 42 heavy (non-hydrogen) atoms. The minimum absolute atomic E-state index is 0.0571. The van der Waals surface area contributed by atoms with Crippen molar-refractivity contribution in [3.05, 3.63) is 78.1 Å². The highest BCUT2D eigenvalue weighted by atomic mass is 32.2. The average Bonchev–Trinajstić information content (AvgIpc) is 3.39. The van der Waals surface area contributed by atoms with Crippen LogP contribution in [0.4, 0.5) is 10.1 Å². The minimum atomic E-state index is -3.97. The Balaban J connectivity index is 1.22. The molecule has 3 aromatic rings. The number of amides is 1. The predicted octanol–water partition coefficient (Wildman–Crippen LogP) is 5.96. The molecule has 224 valence electrons. The fraction of sp³-hybridized carbons (Fsp3) is 0.406. The molecule has 0 aromatic heterocycles. The zero-order chi connectivity index (χ0) is 29.5. The molecule has 5 rings (SSSR count). The molecule has 0 saturated heterocycles. The van der Waals surface area contributed by atoms with Gasteiger partial charge in [0.05, 0.1) is 12.0 Å². The van der Waals surface area contributed by atoms with Crippen LogP contribution in [0.3, 0.4) is 0 Å². The Bertz CT molecular complexity index is 1460. The summed E-state index contributed by atoms with van der Waals surface area (Å²) < 4.78 is 54.2. The maximum Gasteiger partial charge on any atom is 0.241 e. The van der Waals surface area contributed by atoms with Gasteiger partial charge in [-0.3, -0.25) is 4.79 Å². The molecule has 3 N–H and O–H groups in total. The smallest absolute Gasteiger partial charge is 0.241 e. The summed E-state index contributed by atoms with van der Waals surface area (Å²) in [7, 11) is -2.39. The standard InChI is InChI=1S/C32H38FN3O5S/c1-40-25-8-10-26(11-9-25)41-27-12-14-28(15-13-27)42(38,39)36-31(19-22-5-3-2-4-6-22)32(37)34-18-17-23-21-35-30-16-7-24(33)20-29(23)30/h7-16,20,22-23,31,35-36H,2-6,17-19,21H2,1H3,(H,34,37)/t23?,31-/m0/s1. The number of carbonyl (C=O) groups is 1. The molecule has 1 aliphatic carbocycles. The largest absolute Gasteiger partial charge is 0.497 e. The maximum atomic E-state index is 13.8. The van der Waals surface area contributed by atoms with E-state index in [-0.39, 0.29) is 28.5 Å². The molecule has 3 aromatic carbocycles. The van der Waals surface area contributed by atoms with Crippen LogP contribution < -0.4 is 24.8 Å². The fourth-order valence-electron chi connectivity index (χ4n) is 5.81. The van der Waals surface area contributed by atoms with Crippen molar-refractivity contribution in [2.45, 2.75) is 61.8 Å². The second kappa shape index (κ2) is 13.6. The van der Waals surface area contributed by atoms with E-state index < -0.39 is 16.1 Å². The van der Waals surface area contributed by atoms with Crippen LogP contribution in [0.15, 0.2) is 71.6 Å². The van der Waals surface area contributed by atoms with Crippen molar-refractivity contribution in [3.63, 3.8) is 0 Å². The monoisotopic (exact) mass is 595 g/mol. The molecule has 2 atom stereocenters. The molecule has 1 heterocycles. The van der Waals surface area contributed by atoms with E-state index in [2.05, 4.69) is 15.4 Å². The third kappa shape index (κ3) is 7.60. The van der Waals surface area contributed by atoms with E-state index in [0.29, 0.717) is 43.2 Å². The summed E-state index contributed by atoms with van der Waals surface area (Å²) in [5, 5.41) is 6.23. The number of ether oxygens (including phenoxy) is 2. The normalized spacial score (nSPS) is 17.6. The molecule has 1 unspecified atom stereocenters. The summed E-state index contributed by atoms with van der Waals surface area (Å²) in [6.45, 7) is 1.03. The third-order valence-corrected chi connectivity index (χ3v) is 9.61. The number of hydrogen-bond donors (Lipinski definition) is 3. The van der Waals surface area contributed by atoms with Crippen molar-refractivity contribution >= 4 is 21.6 Å². The highest BCUT2D eigenvalue weighted by molar-refractivity contribution is 7.89. The van der Waals surface area contributed by atoms with Gasteiger partial charge in [-0.2, -0.15) is 4.72 Å². The van der Waals surface area contributed by atoms with Crippen molar-refractivity contribution in [3.8, 4) is 17.2 Å². The van der Waals surface area contributed by atoms with Crippen LogP contribution in [-0.4, -0.2) is 40.6 Å². The first-order valence-corrected chi connectivity index (χ1v) is 16.0. The van der Waals surface area contributed by atoms with Crippen LogP contribution >= 0.6 is 0 Å². The van der Waals surface area contributed by atoms with Gasteiger partial charge < -0.3 is 20.1 Å². The topological polar surface area (TPSA) is 106 Å². The Kier molecular flexibility index (Phi) is 9.64. The van der Waals surface area contributed by atoms with E-state index in [1.807, 2.05) is 0 Å². The van der Waals surface area contributed by atoms with E-state index in [1.54, 1.807) is 49.6 Å². The molecule has 0 radical (unpaired) electrons. The van der Waals surface area contributed by atoms with Crippen molar-refractivity contribution in [2.24, 2.45) is 5.92 Å². The second-order valence-corrected chi connectivity index (χ2v) is 12.8. The van der Waals surface area contributed by atoms with Gasteiger partial charge in [-0.1, -0.05) is 32.1 Å². The van der Waals surface area contributed by atoms with Crippen molar-refractivity contribution in [1.82, 2.24) is 10.0 Å². The molecular formula is C32H38FN3O5S. The van der Waals surface area contributed by atoms with Crippen LogP contribution in [0.25, 0.3) is 0 Å². The summed E-state index contributed by atoms with van der Waals surface area (Å²) in [4.78, 5) is 13.4. The summed E-state index contributed by atoms with van der Waals surface area (Å²) in [5.41, 5.74) is 1.82. The molecule has 2 aliphatic rings. The lowest BCUT2D eigenvalue weighted by atomic mass is 9.85. The van der Waals surface area contributed by atoms with Gasteiger partial charge in [-0.15, -0.1) is 0 Å². The number of carbonyl (C=O) groups excluding carboxylic acids is 1. The van der Waals surface area contributed by atoms with Gasteiger partial charge in [0.1, 0.15) is 29.1 Å². The number of sulfonamides is 1. The van der Waals surface area contributed by atoms with Crippen LogP contribution in [-0.2, 0) is 14.8 Å². The number of benzene rings is 3. The molecule has 1 fully saturated rings. The van der Waals surface area contributed by atoms with Crippen LogP contribution in [0.5, 0.6) is 17.2 Å². The molecule has 8 nitrogen and oxygen atoms in total. The van der Waals surface area contributed by atoms with E-state index in [9.17, 15) is 17.6 Å². The molecular weight excluding hydrogens is 557 g/mol. The second-order valence-electron chi connectivity index (χ2n) is 11.1. The number of rotatable bonds is 12. The van der Waals surface area contributed by atoms with Gasteiger partial charge in [-0.05, 0) is 91.1 Å². The number of halogens is 1. The van der Waals surface area contributed by atoms with Gasteiger partial charge in [0.2, 0.25) is 15.9 Å². The summed E-state index contributed by atoms with van der Waals surface area (Å²) in [6, 6.07) is 17.0. The predicted molar refractivity (Wildman–Crippen MR) is 160 cm³/mol.